The quantitative estimate of drug-likeness (QED) is 0.108. The van der Waals surface area contributed by atoms with E-state index in [1.807, 2.05) is 0 Å². The van der Waals surface area contributed by atoms with Crippen molar-refractivity contribution in [2.45, 2.75) is 96.8 Å². The predicted molar refractivity (Wildman–Crippen MR) is 131 cm³/mol. The van der Waals surface area contributed by atoms with Crippen LogP contribution in [-0.2, 0) is 9.53 Å². The van der Waals surface area contributed by atoms with E-state index >= 15 is 0 Å². The molecule has 1 aromatic rings. The molecule has 0 saturated carbocycles. The molecule has 1 N–H and O–H groups in total. The fourth-order valence-corrected chi connectivity index (χ4v) is 3.48. The van der Waals surface area contributed by atoms with Gasteiger partial charge in [-0.05, 0) is 50.3 Å². The fourth-order valence-electron chi connectivity index (χ4n) is 3.48. The normalized spacial score (nSPS) is 10.9. The van der Waals surface area contributed by atoms with Crippen LogP contribution in [0, 0.1) is 0 Å². The summed E-state index contributed by atoms with van der Waals surface area (Å²) in [5.74, 6) is 0.102. The number of nitrogens with one attached hydrogen (secondary N) is 1. The van der Waals surface area contributed by atoms with Gasteiger partial charge in [0.1, 0.15) is 5.75 Å². The van der Waals surface area contributed by atoms with E-state index < -0.39 is 5.97 Å². The van der Waals surface area contributed by atoms with E-state index in [2.05, 4.69) is 29.1 Å². The summed E-state index contributed by atoms with van der Waals surface area (Å²) in [5.41, 5.74) is 0.421. The van der Waals surface area contributed by atoms with Crippen molar-refractivity contribution in [3.05, 3.63) is 42.0 Å². The van der Waals surface area contributed by atoms with Gasteiger partial charge in [-0.3, -0.25) is 4.79 Å². The number of unbranched alkanes of at least 4 members (excludes halogenated alkanes) is 11. The zero-order valence-electron chi connectivity index (χ0n) is 20.2. The Balaban J connectivity index is 1.93. The highest BCUT2D eigenvalue weighted by molar-refractivity contribution is 5.89. The van der Waals surface area contributed by atoms with Crippen molar-refractivity contribution in [2.24, 2.45) is 0 Å². The molecule has 0 fully saturated rings. The highest BCUT2D eigenvalue weighted by Gasteiger charge is 2.06. The molecule has 0 aliphatic carbocycles. The van der Waals surface area contributed by atoms with E-state index in [0.717, 1.165) is 12.8 Å². The van der Waals surface area contributed by atoms with E-state index in [4.69, 9.17) is 4.74 Å². The number of allylic oxidation sites excluding steroid dienone is 2. The molecule has 0 saturated heterocycles. The molecular formula is C27H43NO4. The fraction of sp³-hybridized carbons (Fsp3) is 0.630. The second-order valence-electron chi connectivity index (χ2n) is 8.24. The zero-order chi connectivity index (χ0) is 23.3. The highest BCUT2D eigenvalue weighted by atomic mass is 16.5. The third kappa shape index (κ3) is 14.7. The summed E-state index contributed by atoms with van der Waals surface area (Å²) in [5, 5.41) is 2.76. The summed E-state index contributed by atoms with van der Waals surface area (Å²) in [6, 6.07) is 6.71. The number of esters is 1. The number of amides is 1. The lowest BCUT2D eigenvalue weighted by Crippen LogP contribution is -2.27. The minimum atomic E-state index is -0.413. The number of carbonyl (C=O) groups is 2. The number of carbonyl (C=O) groups excluding carboxylic acids is 2. The molecule has 5 nitrogen and oxygen atoms in total. The predicted octanol–water partition coefficient (Wildman–Crippen LogP) is 6.96. The maximum atomic E-state index is 11.9. The van der Waals surface area contributed by atoms with Crippen LogP contribution in [0.4, 0.5) is 0 Å². The second kappa shape index (κ2) is 19.4. The maximum absolute atomic E-state index is 11.9. The standard InChI is InChI=1S/C27H43NO4/c1-3-4-5-6-7-8-9-10-11-12-13-14-15-16-17-21-26(29)28-23-32-25-20-18-19-24(22-25)27(30)31-2/h10-11,18-20,22H,3-9,12-17,21,23H2,1-2H3,(H,28,29). The minimum Gasteiger partial charge on any atom is -0.473 e. The van der Waals surface area contributed by atoms with E-state index in [1.165, 1.54) is 77.7 Å². The average molecular weight is 446 g/mol. The summed E-state index contributed by atoms with van der Waals surface area (Å²) in [7, 11) is 1.34. The van der Waals surface area contributed by atoms with Crippen LogP contribution in [0.5, 0.6) is 5.75 Å². The lowest BCUT2D eigenvalue weighted by Gasteiger charge is -2.09. The molecule has 0 bridgehead atoms. The number of methoxy groups -OCH3 is 1. The first-order valence-electron chi connectivity index (χ1n) is 12.4. The van der Waals surface area contributed by atoms with Crippen molar-refractivity contribution in [1.82, 2.24) is 5.32 Å². The zero-order valence-corrected chi connectivity index (χ0v) is 20.2. The number of benzene rings is 1. The Morgan fingerprint density at radius 1 is 0.875 bits per heavy atom. The van der Waals surface area contributed by atoms with Crippen LogP contribution in [0.1, 0.15) is 107 Å². The third-order valence-corrected chi connectivity index (χ3v) is 5.43. The Hall–Kier alpha value is -2.30. The molecule has 0 aromatic heterocycles. The topological polar surface area (TPSA) is 64.6 Å². The van der Waals surface area contributed by atoms with Gasteiger partial charge in [-0.25, -0.2) is 4.79 Å². The second-order valence-corrected chi connectivity index (χ2v) is 8.24. The maximum Gasteiger partial charge on any atom is 0.337 e. The average Bonchev–Trinajstić information content (AvgIpc) is 2.81. The van der Waals surface area contributed by atoms with Crippen molar-refractivity contribution in [3.8, 4) is 5.75 Å². The monoisotopic (exact) mass is 445 g/mol. The molecule has 1 rings (SSSR count). The molecule has 5 heteroatoms. The van der Waals surface area contributed by atoms with Crippen LogP contribution in [0.3, 0.4) is 0 Å². The number of rotatable bonds is 19. The molecule has 0 spiro atoms. The SMILES string of the molecule is CCCCCCCCC=CCCCCCCCC(=O)NCOc1cccc(C(=O)OC)c1. The van der Waals surface area contributed by atoms with Crippen molar-refractivity contribution in [3.63, 3.8) is 0 Å². The van der Waals surface area contributed by atoms with Crippen molar-refractivity contribution >= 4 is 11.9 Å². The third-order valence-electron chi connectivity index (χ3n) is 5.43. The van der Waals surface area contributed by atoms with Gasteiger partial charge in [0.2, 0.25) is 5.91 Å². The summed E-state index contributed by atoms with van der Waals surface area (Å²) in [4.78, 5) is 23.4. The van der Waals surface area contributed by atoms with Crippen LogP contribution in [0.2, 0.25) is 0 Å². The van der Waals surface area contributed by atoms with Crippen LogP contribution >= 0.6 is 0 Å². The molecule has 1 amide bonds. The van der Waals surface area contributed by atoms with Crippen molar-refractivity contribution in [1.29, 1.82) is 0 Å². The van der Waals surface area contributed by atoms with Crippen LogP contribution < -0.4 is 10.1 Å². The van der Waals surface area contributed by atoms with E-state index in [0.29, 0.717) is 17.7 Å². The molecular weight excluding hydrogens is 402 g/mol. The number of ether oxygens (including phenoxy) is 2. The van der Waals surface area contributed by atoms with E-state index in [9.17, 15) is 9.59 Å². The number of hydrogen-bond acceptors (Lipinski definition) is 4. The van der Waals surface area contributed by atoms with Gasteiger partial charge in [-0.15, -0.1) is 0 Å². The Bertz CT molecular complexity index is 657. The lowest BCUT2D eigenvalue weighted by molar-refractivity contribution is -0.122. The Kier molecular flexibility index (Phi) is 16.8. The molecule has 0 radical (unpaired) electrons. The molecule has 0 atom stereocenters. The van der Waals surface area contributed by atoms with Gasteiger partial charge in [-0.2, -0.15) is 0 Å². The van der Waals surface area contributed by atoms with E-state index in [-0.39, 0.29) is 12.6 Å². The summed E-state index contributed by atoms with van der Waals surface area (Å²) < 4.78 is 10.2. The van der Waals surface area contributed by atoms with Gasteiger partial charge in [0.25, 0.3) is 0 Å². The van der Waals surface area contributed by atoms with Crippen molar-refractivity contribution < 1.29 is 19.1 Å². The Labute approximate surface area is 195 Å². The first-order valence-corrected chi connectivity index (χ1v) is 12.4. The lowest BCUT2D eigenvalue weighted by atomic mass is 10.1. The van der Waals surface area contributed by atoms with Crippen LogP contribution in [0.25, 0.3) is 0 Å². The minimum absolute atomic E-state index is 0.00764. The van der Waals surface area contributed by atoms with E-state index in [1.54, 1.807) is 24.3 Å². The first-order chi connectivity index (χ1) is 15.7. The summed E-state index contributed by atoms with van der Waals surface area (Å²) >= 11 is 0. The summed E-state index contributed by atoms with van der Waals surface area (Å²) in [6.07, 6.45) is 21.4. The van der Waals surface area contributed by atoms with Gasteiger partial charge in [0.05, 0.1) is 12.7 Å². The molecule has 0 aliphatic heterocycles. The smallest absolute Gasteiger partial charge is 0.337 e. The highest BCUT2D eigenvalue weighted by Crippen LogP contribution is 2.14. The number of hydrogen-bond donors (Lipinski definition) is 1. The largest absolute Gasteiger partial charge is 0.473 e. The van der Waals surface area contributed by atoms with Gasteiger partial charge in [-0.1, -0.05) is 76.5 Å². The van der Waals surface area contributed by atoms with Gasteiger partial charge in [0, 0.05) is 6.42 Å². The Morgan fingerprint density at radius 2 is 1.50 bits per heavy atom. The first kappa shape index (κ1) is 27.7. The molecule has 0 heterocycles. The van der Waals surface area contributed by atoms with Crippen LogP contribution in [-0.4, -0.2) is 25.7 Å². The van der Waals surface area contributed by atoms with Gasteiger partial charge < -0.3 is 14.8 Å². The molecule has 32 heavy (non-hydrogen) atoms. The van der Waals surface area contributed by atoms with Crippen LogP contribution in [0.15, 0.2) is 36.4 Å². The molecule has 0 aliphatic rings. The Morgan fingerprint density at radius 3 is 2.16 bits per heavy atom. The molecule has 1 aromatic carbocycles. The summed E-state index contributed by atoms with van der Waals surface area (Å²) in [6.45, 7) is 2.35. The van der Waals surface area contributed by atoms with Gasteiger partial charge >= 0.3 is 5.97 Å². The van der Waals surface area contributed by atoms with Gasteiger partial charge in [0.15, 0.2) is 6.73 Å². The van der Waals surface area contributed by atoms with Crippen molar-refractivity contribution in [2.75, 3.05) is 13.8 Å². The molecule has 0 unspecified atom stereocenters. The molecule has 180 valence electrons.